The van der Waals surface area contributed by atoms with Crippen molar-refractivity contribution in [2.45, 2.75) is 32.4 Å². The molecule has 3 N–H and O–H groups in total. The Balaban J connectivity index is 1.70. The summed E-state index contributed by atoms with van der Waals surface area (Å²) in [7, 11) is 0. The maximum absolute atomic E-state index is 12.4. The number of benzene rings is 3. The number of carbonyl (C=O) groups excluding carboxylic acids is 1. The van der Waals surface area contributed by atoms with Gasteiger partial charge >= 0.3 is 0 Å². The molecule has 2 atom stereocenters. The summed E-state index contributed by atoms with van der Waals surface area (Å²) in [6.45, 7) is 4.04. The summed E-state index contributed by atoms with van der Waals surface area (Å²) in [4.78, 5) is 14.3. The summed E-state index contributed by atoms with van der Waals surface area (Å²) in [6.07, 6.45) is 0.790. The van der Waals surface area contributed by atoms with E-state index >= 15 is 0 Å². The summed E-state index contributed by atoms with van der Waals surface area (Å²) < 4.78 is 0. The number of nitrogens with two attached hydrogens (primary N) is 1. The number of anilines is 2. The third-order valence-corrected chi connectivity index (χ3v) is 5.93. The molecule has 0 radical (unpaired) electrons. The Kier molecular flexibility index (Phi) is 6.45. The maximum Gasteiger partial charge on any atom is 0.224 e. The fourth-order valence-corrected chi connectivity index (χ4v) is 4.40. The van der Waals surface area contributed by atoms with Gasteiger partial charge in [-0.2, -0.15) is 5.26 Å². The summed E-state index contributed by atoms with van der Waals surface area (Å²) in [5.41, 5.74) is 12.1. The molecule has 164 valence electrons. The first-order valence-corrected chi connectivity index (χ1v) is 11.0. The summed E-state index contributed by atoms with van der Waals surface area (Å²) >= 11 is 0. The van der Waals surface area contributed by atoms with Gasteiger partial charge in [-0.1, -0.05) is 30.0 Å². The van der Waals surface area contributed by atoms with Crippen molar-refractivity contribution in [1.82, 2.24) is 0 Å². The number of nitrogens with one attached hydrogen (secondary N) is 1. The third kappa shape index (κ3) is 4.75. The predicted octanol–water partition coefficient (Wildman–Crippen LogP) is 4.83. The lowest BCUT2D eigenvalue weighted by molar-refractivity contribution is -0.117. The quantitative estimate of drug-likeness (QED) is 0.578. The molecule has 0 saturated carbocycles. The molecule has 0 saturated heterocycles. The number of hydrogen-bond donors (Lipinski definition) is 2. The molecule has 4 rings (SSSR count). The van der Waals surface area contributed by atoms with Gasteiger partial charge in [-0.15, -0.1) is 0 Å². The highest BCUT2D eigenvalue weighted by atomic mass is 16.2. The lowest BCUT2D eigenvalue weighted by atomic mass is 9.88. The number of rotatable bonds is 3. The molecular formula is C28H26N4O. The van der Waals surface area contributed by atoms with Gasteiger partial charge in [-0.25, -0.2) is 0 Å². The van der Waals surface area contributed by atoms with Crippen LogP contribution in [0.2, 0.25) is 0 Å². The van der Waals surface area contributed by atoms with Crippen molar-refractivity contribution in [3.8, 4) is 29.0 Å². The number of amides is 1. The van der Waals surface area contributed by atoms with Crippen LogP contribution in [0.1, 0.15) is 43.0 Å². The van der Waals surface area contributed by atoms with Gasteiger partial charge in [0.05, 0.1) is 24.2 Å². The Morgan fingerprint density at radius 2 is 1.73 bits per heavy atom. The Morgan fingerprint density at radius 3 is 2.36 bits per heavy atom. The van der Waals surface area contributed by atoms with E-state index in [2.05, 4.69) is 36.2 Å². The minimum absolute atomic E-state index is 0.0381. The Hall–Kier alpha value is -4.06. The molecule has 5 nitrogen and oxygen atoms in total. The van der Waals surface area contributed by atoms with Crippen molar-refractivity contribution in [3.05, 3.63) is 83.4 Å². The van der Waals surface area contributed by atoms with E-state index in [1.165, 1.54) is 0 Å². The number of nitrogens with zero attached hydrogens (tertiary/aromatic N) is 2. The first-order chi connectivity index (χ1) is 16.0. The molecule has 0 aromatic heterocycles. The predicted molar refractivity (Wildman–Crippen MR) is 133 cm³/mol. The fourth-order valence-electron chi connectivity index (χ4n) is 4.40. The lowest BCUT2D eigenvalue weighted by Crippen LogP contribution is -2.43. The average Bonchev–Trinajstić information content (AvgIpc) is 2.83. The monoisotopic (exact) mass is 434 g/mol. The van der Waals surface area contributed by atoms with Gasteiger partial charge in [0.2, 0.25) is 5.91 Å². The minimum atomic E-state index is 0.0381. The van der Waals surface area contributed by atoms with Crippen LogP contribution in [0.25, 0.3) is 11.1 Å². The maximum atomic E-state index is 12.4. The minimum Gasteiger partial charge on any atom is -0.378 e. The van der Waals surface area contributed by atoms with Crippen LogP contribution in [0, 0.1) is 23.2 Å². The SMILES string of the molecule is CC(=O)N1c2ccc(-c3ccc(C#N)cc3)cc2C(Nc2ccc(C#CCN)cc2)C[C@@H]1C. The second kappa shape index (κ2) is 9.61. The molecule has 1 aliphatic rings. The summed E-state index contributed by atoms with van der Waals surface area (Å²) in [5.74, 6) is 5.95. The van der Waals surface area contributed by atoms with Crippen molar-refractivity contribution < 1.29 is 4.79 Å². The van der Waals surface area contributed by atoms with E-state index in [0.717, 1.165) is 40.0 Å². The van der Waals surface area contributed by atoms with Gasteiger partial charge in [0, 0.05) is 29.9 Å². The van der Waals surface area contributed by atoms with Crippen LogP contribution in [0.3, 0.4) is 0 Å². The highest BCUT2D eigenvalue weighted by Crippen LogP contribution is 2.41. The van der Waals surface area contributed by atoms with E-state index in [4.69, 9.17) is 11.0 Å². The molecule has 1 aliphatic heterocycles. The molecule has 0 aliphatic carbocycles. The van der Waals surface area contributed by atoms with Crippen molar-refractivity contribution in [3.63, 3.8) is 0 Å². The third-order valence-electron chi connectivity index (χ3n) is 5.93. The van der Waals surface area contributed by atoms with Crippen LogP contribution in [0.5, 0.6) is 0 Å². The van der Waals surface area contributed by atoms with Crippen LogP contribution >= 0.6 is 0 Å². The second-order valence-corrected chi connectivity index (χ2v) is 8.22. The van der Waals surface area contributed by atoms with Crippen LogP contribution < -0.4 is 16.0 Å². The van der Waals surface area contributed by atoms with E-state index in [9.17, 15) is 4.79 Å². The number of nitriles is 1. The highest BCUT2D eigenvalue weighted by molar-refractivity contribution is 5.94. The molecule has 33 heavy (non-hydrogen) atoms. The van der Waals surface area contributed by atoms with Crippen molar-refractivity contribution in [2.24, 2.45) is 5.73 Å². The van der Waals surface area contributed by atoms with Crippen molar-refractivity contribution in [1.29, 1.82) is 5.26 Å². The topological polar surface area (TPSA) is 82.2 Å². The molecule has 1 unspecified atom stereocenters. The number of fused-ring (bicyclic) bond motifs is 1. The van der Waals surface area contributed by atoms with Gasteiger partial charge in [-0.3, -0.25) is 4.79 Å². The van der Waals surface area contributed by atoms with Crippen LogP contribution in [-0.4, -0.2) is 18.5 Å². The zero-order chi connectivity index (χ0) is 23.4. The molecule has 1 amide bonds. The van der Waals surface area contributed by atoms with Crippen LogP contribution in [0.15, 0.2) is 66.7 Å². The molecular weight excluding hydrogens is 408 g/mol. The van der Waals surface area contributed by atoms with E-state index in [1.807, 2.05) is 65.6 Å². The van der Waals surface area contributed by atoms with Crippen molar-refractivity contribution >= 4 is 17.3 Å². The van der Waals surface area contributed by atoms with Gasteiger partial charge in [-0.05, 0) is 78.6 Å². The van der Waals surface area contributed by atoms with Crippen molar-refractivity contribution in [2.75, 3.05) is 16.8 Å². The van der Waals surface area contributed by atoms with E-state index in [-0.39, 0.29) is 18.0 Å². The molecule has 0 bridgehead atoms. The molecule has 0 spiro atoms. The van der Waals surface area contributed by atoms with Gasteiger partial charge in [0.25, 0.3) is 0 Å². The zero-order valence-corrected chi connectivity index (χ0v) is 18.8. The molecule has 1 heterocycles. The van der Waals surface area contributed by atoms with Crippen LogP contribution in [0.4, 0.5) is 11.4 Å². The Morgan fingerprint density at radius 1 is 1.06 bits per heavy atom. The molecule has 3 aromatic carbocycles. The van der Waals surface area contributed by atoms with Gasteiger partial charge in [0.15, 0.2) is 0 Å². The van der Waals surface area contributed by atoms with E-state index < -0.39 is 0 Å². The number of carbonyl (C=O) groups is 1. The van der Waals surface area contributed by atoms with E-state index in [1.54, 1.807) is 6.92 Å². The smallest absolute Gasteiger partial charge is 0.224 e. The fraction of sp³-hybridized carbons (Fsp3) is 0.214. The van der Waals surface area contributed by atoms with Crippen LogP contribution in [-0.2, 0) is 4.79 Å². The lowest BCUT2D eigenvalue weighted by Gasteiger charge is -2.39. The summed E-state index contributed by atoms with van der Waals surface area (Å²) in [6, 6.07) is 24.1. The second-order valence-electron chi connectivity index (χ2n) is 8.22. The molecule has 0 fully saturated rings. The normalized spacial score (nSPS) is 16.7. The largest absolute Gasteiger partial charge is 0.378 e. The standard InChI is InChI=1S/C28H26N4O/c1-19-16-27(31-25-12-7-21(8-13-25)4-3-15-29)26-17-24(11-14-28(26)32(19)20(2)33)23-9-5-22(18-30)6-10-23/h5-14,17,19,27,31H,15-16,29H2,1-2H3/t19-,27?/m0/s1. The Bertz CT molecular complexity index is 1260. The molecule has 3 aromatic rings. The van der Waals surface area contributed by atoms with E-state index in [0.29, 0.717) is 12.1 Å². The average molecular weight is 435 g/mol. The van der Waals surface area contributed by atoms with Gasteiger partial charge < -0.3 is 16.0 Å². The van der Waals surface area contributed by atoms with Gasteiger partial charge in [0.1, 0.15) is 0 Å². The first kappa shape index (κ1) is 22.1. The highest BCUT2D eigenvalue weighted by Gasteiger charge is 2.32. The molecule has 5 heteroatoms. The number of hydrogen-bond acceptors (Lipinski definition) is 4. The Labute approximate surface area is 194 Å². The summed E-state index contributed by atoms with van der Waals surface area (Å²) in [5, 5.41) is 12.7. The first-order valence-electron chi connectivity index (χ1n) is 11.0. The zero-order valence-electron chi connectivity index (χ0n) is 18.8.